The molecule has 0 unspecified atom stereocenters. The fourth-order valence-electron chi connectivity index (χ4n) is 2.41. The highest BCUT2D eigenvalue weighted by molar-refractivity contribution is 5.60. The molecule has 4 nitrogen and oxygen atoms in total. The van der Waals surface area contributed by atoms with Crippen LogP contribution in [0.25, 0.3) is 0 Å². The number of hydrogen-bond donors (Lipinski definition) is 2. The van der Waals surface area contributed by atoms with Crippen molar-refractivity contribution in [2.45, 2.75) is 41.0 Å². The number of rotatable bonds is 6. The van der Waals surface area contributed by atoms with Crippen LogP contribution in [-0.2, 0) is 0 Å². The Kier molecular flexibility index (Phi) is 5.36. The van der Waals surface area contributed by atoms with Crippen LogP contribution in [0.1, 0.15) is 37.2 Å². The van der Waals surface area contributed by atoms with Gasteiger partial charge in [-0.2, -0.15) is 0 Å². The van der Waals surface area contributed by atoms with Crippen molar-refractivity contribution >= 4 is 17.3 Å². The molecule has 22 heavy (non-hydrogen) atoms. The number of nitrogens with one attached hydrogen (secondary N) is 2. The van der Waals surface area contributed by atoms with Gasteiger partial charge in [0.1, 0.15) is 17.5 Å². The van der Waals surface area contributed by atoms with E-state index in [2.05, 4.69) is 66.5 Å². The largest absolute Gasteiger partial charge is 0.370 e. The van der Waals surface area contributed by atoms with E-state index in [9.17, 15) is 0 Å². The molecule has 2 aromatic rings. The Hall–Kier alpha value is -2.10. The Labute approximate surface area is 133 Å². The number of aryl methyl sites for hydroxylation is 3. The second kappa shape index (κ2) is 7.25. The summed E-state index contributed by atoms with van der Waals surface area (Å²) < 4.78 is 0. The maximum Gasteiger partial charge on any atom is 0.136 e. The minimum Gasteiger partial charge on any atom is -0.370 e. The number of hydrogen-bond acceptors (Lipinski definition) is 4. The Bertz CT molecular complexity index is 615. The second-order valence-corrected chi connectivity index (χ2v) is 6.30. The molecule has 0 fully saturated rings. The van der Waals surface area contributed by atoms with E-state index in [0.29, 0.717) is 5.92 Å². The summed E-state index contributed by atoms with van der Waals surface area (Å²) in [5.41, 5.74) is 3.54. The molecule has 1 aromatic carbocycles. The molecule has 2 N–H and O–H groups in total. The molecule has 0 amide bonds. The maximum absolute atomic E-state index is 4.47. The summed E-state index contributed by atoms with van der Waals surface area (Å²) in [7, 11) is 0. The van der Waals surface area contributed by atoms with Crippen molar-refractivity contribution in [2.75, 3.05) is 17.2 Å². The van der Waals surface area contributed by atoms with E-state index in [0.717, 1.165) is 36.1 Å². The molecule has 1 heterocycles. The van der Waals surface area contributed by atoms with Crippen molar-refractivity contribution in [3.63, 3.8) is 0 Å². The quantitative estimate of drug-likeness (QED) is 0.818. The van der Waals surface area contributed by atoms with Crippen LogP contribution in [0.5, 0.6) is 0 Å². The van der Waals surface area contributed by atoms with Gasteiger partial charge >= 0.3 is 0 Å². The fourth-order valence-corrected chi connectivity index (χ4v) is 2.41. The highest BCUT2D eigenvalue weighted by Gasteiger charge is 2.04. The summed E-state index contributed by atoms with van der Waals surface area (Å²) in [6.45, 7) is 11.5. The van der Waals surface area contributed by atoms with Gasteiger partial charge in [-0.25, -0.2) is 9.97 Å². The highest BCUT2D eigenvalue weighted by Crippen LogP contribution is 2.20. The zero-order valence-electron chi connectivity index (χ0n) is 14.2. The Balaban J connectivity index is 2.11. The van der Waals surface area contributed by atoms with E-state index in [-0.39, 0.29) is 0 Å². The highest BCUT2D eigenvalue weighted by atomic mass is 15.1. The van der Waals surface area contributed by atoms with E-state index in [1.807, 2.05) is 13.0 Å². The van der Waals surface area contributed by atoms with Crippen LogP contribution in [0.4, 0.5) is 17.3 Å². The standard InChI is InChI=1S/C18H26N4/c1-12(2)6-7-19-17-11-18(21-15(5)20-17)22-16-9-13(3)8-14(4)10-16/h8-12H,6-7H2,1-5H3,(H2,19,20,21,22). The normalized spacial score (nSPS) is 10.8. The van der Waals surface area contributed by atoms with Crippen LogP contribution in [-0.4, -0.2) is 16.5 Å². The first-order valence-corrected chi connectivity index (χ1v) is 7.87. The van der Waals surface area contributed by atoms with Crippen LogP contribution in [0.2, 0.25) is 0 Å². The molecule has 0 spiro atoms. The molecule has 4 heteroatoms. The molecule has 0 radical (unpaired) electrons. The third-order valence-corrected chi connectivity index (χ3v) is 3.36. The van der Waals surface area contributed by atoms with E-state index in [1.165, 1.54) is 11.1 Å². The Morgan fingerprint density at radius 1 is 0.909 bits per heavy atom. The zero-order valence-corrected chi connectivity index (χ0v) is 14.2. The fraction of sp³-hybridized carbons (Fsp3) is 0.444. The lowest BCUT2D eigenvalue weighted by Crippen LogP contribution is -2.08. The van der Waals surface area contributed by atoms with Gasteiger partial charge in [0.25, 0.3) is 0 Å². The molecule has 0 saturated heterocycles. The van der Waals surface area contributed by atoms with E-state index < -0.39 is 0 Å². The van der Waals surface area contributed by atoms with Crippen molar-refractivity contribution in [1.29, 1.82) is 0 Å². The predicted molar refractivity (Wildman–Crippen MR) is 93.9 cm³/mol. The van der Waals surface area contributed by atoms with Crippen molar-refractivity contribution in [3.05, 3.63) is 41.2 Å². The molecule has 118 valence electrons. The molecular weight excluding hydrogens is 272 g/mol. The number of nitrogens with zero attached hydrogens (tertiary/aromatic N) is 2. The summed E-state index contributed by atoms with van der Waals surface area (Å²) in [5.74, 6) is 3.15. The van der Waals surface area contributed by atoms with Gasteiger partial charge in [0, 0.05) is 18.3 Å². The predicted octanol–water partition coefficient (Wildman–Crippen LogP) is 4.60. The van der Waals surface area contributed by atoms with Gasteiger partial charge < -0.3 is 10.6 Å². The van der Waals surface area contributed by atoms with Gasteiger partial charge in [-0.05, 0) is 56.4 Å². The second-order valence-electron chi connectivity index (χ2n) is 6.30. The summed E-state index contributed by atoms with van der Waals surface area (Å²) in [5, 5.41) is 6.75. The van der Waals surface area contributed by atoms with E-state index in [4.69, 9.17) is 0 Å². The first kappa shape index (κ1) is 16.3. The molecule has 0 aliphatic rings. The average molecular weight is 298 g/mol. The molecule has 0 aliphatic carbocycles. The lowest BCUT2D eigenvalue weighted by Gasteiger charge is -2.12. The van der Waals surface area contributed by atoms with Crippen LogP contribution in [0, 0.1) is 26.7 Å². The van der Waals surface area contributed by atoms with Crippen molar-refractivity contribution in [1.82, 2.24) is 9.97 Å². The third-order valence-electron chi connectivity index (χ3n) is 3.36. The topological polar surface area (TPSA) is 49.8 Å². The first-order chi connectivity index (χ1) is 10.4. The summed E-state index contributed by atoms with van der Waals surface area (Å²) in [6, 6.07) is 8.37. The number of benzene rings is 1. The molecular formula is C18H26N4. The molecule has 2 rings (SSSR count). The van der Waals surface area contributed by atoms with Gasteiger partial charge in [0.05, 0.1) is 0 Å². The SMILES string of the molecule is Cc1cc(C)cc(Nc2cc(NCCC(C)C)nc(C)n2)c1. The van der Waals surface area contributed by atoms with E-state index >= 15 is 0 Å². The van der Waals surface area contributed by atoms with Gasteiger partial charge in [-0.15, -0.1) is 0 Å². The minimum atomic E-state index is 0.684. The minimum absolute atomic E-state index is 0.684. The van der Waals surface area contributed by atoms with Crippen LogP contribution >= 0.6 is 0 Å². The van der Waals surface area contributed by atoms with Crippen molar-refractivity contribution < 1.29 is 0 Å². The molecule has 0 aliphatic heterocycles. The molecule has 0 atom stereocenters. The van der Waals surface area contributed by atoms with Gasteiger partial charge in [0.15, 0.2) is 0 Å². The monoisotopic (exact) mass is 298 g/mol. The first-order valence-electron chi connectivity index (χ1n) is 7.87. The zero-order chi connectivity index (χ0) is 16.1. The van der Waals surface area contributed by atoms with Crippen molar-refractivity contribution in [3.8, 4) is 0 Å². The molecule has 0 bridgehead atoms. The summed E-state index contributed by atoms with van der Waals surface area (Å²) >= 11 is 0. The smallest absolute Gasteiger partial charge is 0.136 e. The average Bonchev–Trinajstić information content (AvgIpc) is 2.36. The Morgan fingerprint density at radius 2 is 1.55 bits per heavy atom. The number of anilines is 3. The Morgan fingerprint density at radius 3 is 2.18 bits per heavy atom. The third kappa shape index (κ3) is 5.02. The summed E-state index contributed by atoms with van der Waals surface area (Å²) in [4.78, 5) is 8.91. The lowest BCUT2D eigenvalue weighted by molar-refractivity contribution is 0.606. The molecule has 0 saturated carbocycles. The lowest BCUT2D eigenvalue weighted by atomic mass is 10.1. The number of aromatic nitrogens is 2. The van der Waals surface area contributed by atoms with Crippen LogP contribution in [0.3, 0.4) is 0 Å². The summed E-state index contributed by atoms with van der Waals surface area (Å²) in [6.07, 6.45) is 1.13. The van der Waals surface area contributed by atoms with Gasteiger partial charge in [-0.1, -0.05) is 19.9 Å². The van der Waals surface area contributed by atoms with Gasteiger partial charge in [0.2, 0.25) is 0 Å². The molecule has 1 aromatic heterocycles. The van der Waals surface area contributed by atoms with Crippen LogP contribution in [0.15, 0.2) is 24.3 Å². The van der Waals surface area contributed by atoms with Crippen molar-refractivity contribution in [2.24, 2.45) is 5.92 Å². The van der Waals surface area contributed by atoms with Crippen LogP contribution < -0.4 is 10.6 Å². The maximum atomic E-state index is 4.47. The van der Waals surface area contributed by atoms with E-state index in [1.54, 1.807) is 0 Å². The van der Waals surface area contributed by atoms with Gasteiger partial charge in [-0.3, -0.25) is 0 Å².